The molecule has 0 unspecified atom stereocenters. The Hall–Kier alpha value is -2.76. The molecule has 0 radical (unpaired) electrons. The number of allylic oxidation sites excluding steroid dienone is 2. The molecule has 1 aromatic rings. The number of carbonyl (C=O) groups excluding carboxylic acids is 4. The highest BCUT2D eigenvalue weighted by atomic mass is 16.5. The Morgan fingerprint density at radius 3 is 2.23 bits per heavy atom. The maximum atomic E-state index is 12.7. The van der Waals surface area contributed by atoms with E-state index in [9.17, 15) is 19.2 Å². The Kier molecular flexibility index (Phi) is 3.98. The zero-order valence-electron chi connectivity index (χ0n) is 14.3. The molecule has 2 fully saturated rings. The van der Waals surface area contributed by atoms with Crippen molar-refractivity contribution in [3.63, 3.8) is 0 Å². The van der Waals surface area contributed by atoms with E-state index >= 15 is 0 Å². The minimum atomic E-state index is -1.02. The highest BCUT2D eigenvalue weighted by Gasteiger charge is 2.60. The molecule has 2 bridgehead atoms. The first-order valence-corrected chi connectivity index (χ1v) is 8.79. The second-order valence-corrected chi connectivity index (χ2v) is 7.12. The SMILES string of the molecule is C[C@@H](C(=O)OCC(=O)c1ccccc1)N1C(=O)[C@@H]2[C@H](C1=O)[C@H]1C=C[C@@H]2C1. The summed E-state index contributed by atoms with van der Waals surface area (Å²) >= 11 is 0. The number of fused-ring (bicyclic) bond motifs is 5. The molecule has 1 saturated carbocycles. The van der Waals surface area contributed by atoms with Gasteiger partial charge in [-0.3, -0.25) is 19.3 Å². The van der Waals surface area contributed by atoms with Crippen molar-refractivity contribution in [2.45, 2.75) is 19.4 Å². The molecule has 3 aliphatic rings. The summed E-state index contributed by atoms with van der Waals surface area (Å²) in [4.78, 5) is 50.8. The van der Waals surface area contributed by atoms with Crippen LogP contribution >= 0.6 is 0 Å². The fourth-order valence-electron chi connectivity index (χ4n) is 4.38. The van der Waals surface area contributed by atoms with Crippen LogP contribution in [0.25, 0.3) is 0 Å². The van der Waals surface area contributed by atoms with Crippen LogP contribution in [0.1, 0.15) is 23.7 Å². The van der Waals surface area contributed by atoms with Crippen molar-refractivity contribution < 1.29 is 23.9 Å². The standard InChI is InChI=1S/C20H19NO5/c1-11(20(25)26-10-15(22)12-5-3-2-4-6-12)21-18(23)16-13-7-8-14(9-13)17(16)19(21)24/h2-8,11,13-14,16-17H,9-10H2,1H3/t11-,13-,14+,16+,17-/m0/s1. The number of amides is 2. The summed E-state index contributed by atoms with van der Waals surface area (Å²) in [6.45, 7) is 1.06. The Morgan fingerprint density at radius 1 is 1.08 bits per heavy atom. The van der Waals surface area contributed by atoms with Crippen molar-refractivity contribution in [3.05, 3.63) is 48.0 Å². The van der Waals surface area contributed by atoms with E-state index in [0.717, 1.165) is 11.3 Å². The number of Topliss-reactive ketones (excluding diaryl/α,β-unsaturated/α-hetero) is 1. The van der Waals surface area contributed by atoms with Gasteiger partial charge in [0.2, 0.25) is 11.8 Å². The Morgan fingerprint density at radius 2 is 1.65 bits per heavy atom. The summed E-state index contributed by atoms with van der Waals surface area (Å²) in [6, 6.07) is 7.48. The molecule has 4 rings (SSSR count). The van der Waals surface area contributed by atoms with Crippen LogP contribution < -0.4 is 0 Å². The molecule has 5 atom stereocenters. The molecule has 134 valence electrons. The lowest BCUT2D eigenvalue weighted by Gasteiger charge is -2.23. The van der Waals surface area contributed by atoms with E-state index in [1.165, 1.54) is 6.92 Å². The molecule has 6 nitrogen and oxygen atoms in total. The van der Waals surface area contributed by atoms with Gasteiger partial charge < -0.3 is 4.74 Å². The molecule has 0 spiro atoms. The van der Waals surface area contributed by atoms with Crippen molar-refractivity contribution in [1.29, 1.82) is 0 Å². The zero-order chi connectivity index (χ0) is 18.4. The van der Waals surface area contributed by atoms with Crippen molar-refractivity contribution in [2.75, 3.05) is 6.61 Å². The first kappa shape index (κ1) is 16.7. The number of hydrogen-bond donors (Lipinski definition) is 0. The quantitative estimate of drug-likeness (QED) is 0.348. The molecule has 2 aliphatic carbocycles. The van der Waals surface area contributed by atoms with Gasteiger partial charge in [-0.25, -0.2) is 4.79 Å². The van der Waals surface area contributed by atoms with Gasteiger partial charge in [0.05, 0.1) is 11.8 Å². The summed E-state index contributed by atoms with van der Waals surface area (Å²) in [5.41, 5.74) is 0.443. The summed E-state index contributed by atoms with van der Waals surface area (Å²) in [5.74, 6) is -2.17. The number of nitrogens with zero attached hydrogens (tertiary/aromatic N) is 1. The molecular weight excluding hydrogens is 334 g/mol. The molecule has 1 heterocycles. The van der Waals surface area contributed by atoms with Crippen molar-refractivity contribution >= 4 is 23.6 Å². The Labute approximate surface area is 150 Å². The highest BCUT2D eigenvalue weighted by Crippen LogP contribution is 2.52. The topological polar surface area (TPSA) is 80.8 Å². The predicted molar refractivity (Wildman–Crippen MR) is 90.8 cm³/mol. The monoisotopic (exact) mass is 353 g/mol. The second kappa shape index (κ2) is 6.20. The first-order chi connectivity index (χ1) is 12.5. The van der Waals surface area contributed by atoms with Crippen molar-refractivity contribution in [3.8, 4) is 0 Å². The number of rotatable bonds is 5. The van der Waals surface area contributed by atoms with Crippen LogP contribution in [0.3, 0.4) is 0 Å². The maximum absolute atomic E-state index is 12.7. The van der Waals surface area contributed by atoms with Gasteiger partial charge in [-0.05, 0) is 25.2 Å². The largest absolute Gasteiger partial charge is 0.456 e. The lowest BCUT2D eigenvalue weighted by molar-refractivity contribution is -0.157. The van der Waals surface area contributed by atoms with Gasteiger partial charge in [-0.1, -0.05) is 42.5 Å². The van der Waals surface area contributed by atoms with Gasteiger partial charge in [-0.2, -0.15) is 0 Å². The number of imide groups is 1. The van der Waals surface area contributed by atoms with Crippen molar-refractivity contribution in [2.24, 2.45) is 23.7 Å². The average molecular weight is 353 g/mol. The number of likely N-dealkylation sites (tertiary alicyclic amines) is 1. The average Bonchev–Trinajstić information content (AvgIpc) is 3.33. The number of ketones is 1. The van der Waals surface area contributed by atoms with Crippen LogP contribution in [0.4, 0.5) is 0 Å². The van der Waals surface area contributed by atoms with Crippen LogP contribution in [0, 0.1) is 23.7 Å². The molecular formula is C20H19NO5. The van der Waals surface area contributed by atoms with E-state index in [1.807, 2.05) is 12.2 Å². The molecule has 0 aromatic heterocycles. The van der Waals surface area contributed by atoms with Crippen LogP contribution in [-0.4, -0.2) is 41.1 Å². The number of ether oxygens (including phenoxy) is 1. The third-order valence-electron chi connectivity index (χ3n) is 5.67. The highest BCUT2D eigenvalue weighted by molar-refractivity contribution is 6.09. The van der Waals surface area contributed by atoms with Crippen LogP contribution in [0.5, 0.6) is 0 Å². The van der Waals surface area contributed by atoms with E-state index < -0.39 is 18.6 Å². The van der Waals surface area contributed by atoms with Gasteiger partial charge in [0.1, 0.15) is 6.04 Å². The normalized spacial score (nSPS) is 29.8. The second-order valence-electron chi connectivity index (χ2n) is 7.12. The third-order valence-corrected chi connectivity index (χ3v) is 5.67. The Balaban J connectivity index is 1.41. The molecule has 0 N–H and O–H groups in total. The van der Waals surface area contributed by atoms with Gasteiger partial charge in [0, 0.05) is 5.56 Å². The number of benzene rings is 1. The molecule has 1 aromatic carbocycles. The fraction of sp³-hybridized carbons (Fsp3) is 0.400. The van der Waals surface area contributed by atoms with Crippen LogP contribution in [-0.2, 0) is 19.1 Å². The van der Waals surface area contributed by atoms with E-state index in [4.69, 9.17) is 4.74 Å². The smallest absolute Gasteiger partial charge is 0.329 e. The van der Waals surface area contributed by atoms with Crippen LogP contribution in [0.2, 0.25) is 0 Å². The third kappa shape index (κ3) is 2.48. The predicted octanol–water partition coefficient (Wildman–Crippen LogP) is 1.61. The van der Waals surface area contributed by atoms with Gasteiger partial charge in [0.15, 0.2) is 12.4 Å². The summed E-state index contributed by atoms with van der Waals surface area (Å²) in [5, 5.41) is 0. The van der Waals surface area contributed by atoms with Gasteiger partial charge in [-0.15, -0.1) is 0 Å². The summed E-state index contributed by atoms with van der Waals surface area (Å²) in [7, 11) is 0. The van der Waals surface area contributed by atoms with E-state index in [-0.39, 0.29) is 41.3 Å². The lowest BCUT2D eigenvalue weighted by atomic mass is 9.85. The van der Waals surface area contributed by atoms with Gasteiger partial charge >= 0.3 is 5.97 Å². The zero-order valence-corrected chi connectivity index (χ0v) is 14.3. The molecule has 1 saturated heterocycles. The number of hydrogen-bond acceptors (Lipinski definition) is 5. The van der Waals surface area contributed by atoms with E-state index in [1.54, 1.807) is 30.3 Å². The van der Waals surface area contributed by atoms with E-state index in [0.29, 0.717) is 5.56 Å². The summed E-state index contributed by atoms with van der Waals surface area (Å²) in [6.07, 6.45) is 4.84. The van der Waals surface area contributed by atoms with Gasteiger partial charge in [0.25, 0.3) is 0 Å². The number of esters is 1. The minimum absolute atomic E-state index is 0.0920. The summed E-state index contributed by atoms with van der Waals surface area (Å²) < 4.78 is 5.07. The number of carbonyl (C=O) groups is 4. The van der Waals surface area contributed by atoms with E-state index in [2.05, 4.69) is 0 Å². The fourth-order valence-corrected chi connectivity index (χ4v) is 4.38. The minimum Gasteiger partial charge on any atom is -0.456 e. The van der Waals surface area contributed by atoms with Crippen LogP contribution in [0.15, 0.2) is 42.5 Å². The molecule has 26 heavy (non-hydrogen) atoms. The first-order valence-electron chi connectivity index (χ1n) is 8.79. The van der Waals surface area contributed by atoms with Crippen molar-refractivity contribution in [1.82, 2.24) is 4.90 Å². The molecule has 6 heteroatoms. The molecule has 1 aliphatic heterocycles. The Bertz CT molecular complexity index is 785. The lowest BCUT2D eigenvalue weighted by Crippen LogP contribution is -2.45. The maximum Gasteiger partial charge on any atom is 0.329 e. The molecule has 2 amide bonds.